The Morgan fingerprint density at radius 3 is 2.65 bits per heavy atom. The average molecular weight is 346 g/mol. The van der Waals surface area contributed by atoms with Crippen LogP contribution in [0.4, 0.5) is 10.1 Å². The van der Waals surface area contributed by atoms with E-state index in [4.69, 9.17) is 5.73 Å². The lowest BCUT2D eigenvalue weighted by atomic mass is 10.1. The van der Waals surface area contributed by atoms with Gasteiger partial charge in [0, 0.05) is 4.47 Å². The van der Waals surface area contributed by atoms with E-state index >= 15 is 0 Å². The van der Waals surface area contributed by atoms with Crippen LogP contribution in [-0.4, -0.2) is 24.4 Å². The van der Waals surface area contributed by atoms with Crippen LogP contribution in [-0.2, 0) is 9.59 Å². The van der Waals surface area contributed by atoms with Crippen molar-refractivity contribution in [3.8, 4) is 0 Å². The number of hydrogen-bond donors (Lipinski definition) is 3. The van der Waals surface area contributed by atoms with Gasteiger partial charge in [-0.1, -0.05) is 13.8 Å². The van der Waals surface area contributed by atoms with Crippen molar-refractivity contribution >= 4 is 33.4 Å². The van der Waals surface area contributed by atoms with E-state index in [1.165, 1.54) is 18.2 Å². The number of nitrogens with one attached hydrogen (secondary N) is 2. The Morgan fingerprint density at radius 1 is 1.40 bits per heavy atom. The second-order valence-electron chi connectivity index (χ2n) is 4.66. The molecule has 0 bridgehead atoms. The Bertz CT molecular complexity index is 508. The first-order valence-corrected chi connectivity index (χ1v) is 6.88. The van der Waals surface area contributed by atoms with Gasteiger partial charge in [-0.15, -0.1) is 0 Å². The topological polar surface area (TPSA) is 84.2 Å². The molecule has 110 valence electrons. The predicted molar refractivity (Wildman–Crippen MR) is 78.6 cm³/mol. The van der Waals surface area contributed by atoms with Crippen LogP contribution in [0.2, 0.25) is 0 Å². The molecule has 20 heavy (non-hydrogen) atoms. The monoisotopic (exact) mass is 345 g/mol. The number of anilines is 1. The molecule has 0 saturated carbocycles. The third-order valence-corrected chi connectivity index (χ3v) is 3.34. The molecule has 2 amide bonds. The molecule has 1 rings (SSSR count). The molecule has 1 atom stereocenters. The van der Waals surface area contributed by atoms with Crippen LogP contribution in [0.15, 0.2) is 22.7 Å². The van der Waals surface area contributed by atoms with E-state index in [1.54, 1.807) is 0 Å². The quantitative estimate of drug-likeness (QED) is 0.758. The van der Waals surface area contributed by atoms with E-state index in [1.807, 2.05) is 13.8 Å². The lowest BCUT2D eigenvalue weighted by Crippen LogP contribution is -2.46. The number of carbonyl (C=O) groups is 2. The summed E-state index contributed by atoms with van der Waals surface area (Å²) in [5.74, 6) is -1.33. The van der Waals surface area contributed by atoms with Crippen LogP contribution < -0.4 is 16.4 Å². The Kier molecular flexibility index (Phi) is 6.09. The summed E-state index contributed by atoms with van der Waals surface area (Å²) in [4.78, 5) is 23.2. The van der Waals surface area contributed by atoms with Crippen LogP contribution in [0.5, 0.6) is 0 Å². The summed E-state index contributed by atoms with van der Waals surface area (Å²) >= 11 is 3.19. The number of carbonyl (C=O) groups excluding carboxylic acids is 2. The Balaban J connectivity index is 2.52. The van der Waals surface area contributed by atoms with Crippen molar-refractivity contribution in [3.63, 3.8) is 0 Å². The summed E-state index contributed by atoms with van der Waals surface area (Å²) in [5.41, 5.74) is 5.95. The maximum absolute atomic E-state index is 13.0. The highest BCUT2D eigenvalue weighted by atomic mass is 79.9. The predicted octanol–water partition coefficient (Wildman–Crippen LogP) is 1.63. The van der Waals surface area contributed by atoms with E-state index in [0.717, 1.165) is 0 Å². The molecule has 0 fully saturated rings. The van der Waals surface area contributed by atoms with E-state index in [9.17, 15) is 14.0 Å². The summed E-state index contributed by atoms with van der Waals surface area (Å²) in [6.45, 7) is 3.41. The lowest BCUT2D eigenvalue weighted by molar-refractivity contribution is -0.125. The summed E-state index contributed by atoms with van der Waals surface area (Å²) in [6, 6.07) is 3.27. The normalized spacial score (nSPS) is 12.1. The number of benzene rings is 1. The smallest absolute Gasteiger partial charge is 0.243 e. The minimum Gasteiger partial charge on any atom is -0.346 e. The highest BCUT2D eigenvalue weighted by molar-refractivity contribution is 9.10. The minimum absolute atomic E-state index is 0.0181. The van der Waals surface area contributed by atoms with Crippen molar-refractivity contribution in [2.75, 3.05) is 11.9 Å². The Morgan fingerprint density at radius 2 is 2.05 bits per heavy atom. The highest BCUT2D eigenvalue weighted by Crippen LogP contribution is 2.22. The Hall–Kier alpha value is -1.47. The van der Waals surface area contributed by atoms with Gasteiger partial charge in [0.25, 0.3) is 0 Å². The van der Waals surface area contributed by atoms with Gasteiger partial charge in [0.15, 0.2) is 0 Å². The summed E-state index contributed by atoms with van der Waals surface area (Å²) in [5, 5.41) is 4.93. The van der Waals surface area contributed by atoms with Gasteiger partial charge in [0.1, 0.15) is 5.82 Å². The standard InChI is InChI=1S/C13H17BrFN3O2/c1-7(2)12(16)13(20)17-6-11(19)18-10-5-8(15)3-4-9(10)14/h3-5,7,12H,6,16H2,1-2H3,(H,17,20)(H,18,19)/t12-/m0/s1. The SMILES string of the molecule is CC(C)[C@H](N)C(=O)NCC(=O)Nc1cc(F)ccc1Br. The van der Waals surface area contributed by atoms with Crippen molar-refractivity contribution in [2.24, 2.45) is 11.7 Å². The molecule has 0 radical (unpaired) electrons. The summed E-state index contributed by atoms with van der Waals surface area (Å²) < 4.78 is 13.6. The molecular formula is C13H17BrFN3O2. The highest BCUT2D eigenvalue weighted by Gasteiger charge is 2.17. The van der Waals surface area contributed by atoms with Crippen LogP contribution >= 0.6 is 15.9 Å². The van der Waals surface area contributed by atoms with Gasteiger partial charge >= 0.3 is 0 Å². The Labute approximate surface area is 125 Å². The van der Waals surface area contributed by atoms with Gasteiger partial charge in [-0.05, 0) is 40.0 Å². The van der Waals surface area contributed by atoms with E-state index in [0.29, 0.717) is 10.2 Å². The molecule has 0 spiro atoms. The zero-order valence-electron chi connectivity index (χ0n) is 11.2. The average Bonchev–Trinajstić information content (AvgIpc) is 2.39. The van der Waals surface area contributed by atoms with Crippen molar-refractivity contribution < 1.29 is 14.0 Å². The second kappa shape index (κ2) is 7.35. The molecule has 5 nitrogen and oxygen atoms in total. The molecule has 0 unspecified atom stereocenters. The van der Waals surface area contributed by atoms with Crippen LogP contribution in [0, 0.1) is 11.7 Å². The maximum Gasteiger partial charge on any atom is 0.243 e. The molecule has 0 saturated heterocycles. The zero-order valence-corrected chi connectivity index (χ0v) is 12.8. The molecule has 0 heterocycles. The van der Waals surface area contributed by atoms with Crippen molar-refractivity contribution in [1.29, 1.82) is 0 Å². The van der Waals surface area contributed by atoms with Crippen molar-refractivity contribution in [1.82, 2.24) is 5.32 Å². The van der Waals surface area contributed by atoms with Crippen molar-refractivity contribution in [3.05, 3.63) is 28.5 Å². The van der Waals surface area contributed by atoms with Crippen LogP contribution in [0.25, 0.3) is 0 Å². The fourth-order valence-corrected chi connectivity index (χ4v) is 1.72. The first kappa shape index (κ1) is 16.6. The molecule has 1 aromatic rings. The van der Waals surface area contributed by atoms with Gasteiger partial charge < -0.3 is 16.4 Å². The molecule has 7 heteroatoms. The van der Waals surface area contributed by atoms with Gasteiger partial charge in [-0.2, -0.15) is 0 Å². The van der Waals surface area contributed by atoms with Gasteiger partial charge in [0.2, 0.25) is 11.8 Å². The van der Waals surface area contributed by atoms with E-state index < -0.39 is 23.7 Å². The first-order chi connectivity index (χ1) is 9.31. The fourth-order valence-electron chi connectivity index (χ4n) is 1.38. The molecule has 0 aliphatic heterocycles. The number of rotatable bonds is 5. The fraction of sp³-hybridized carbons (Fsp3) is 0.385. The number of nitrogens with two attached hydrogens (primary N) is 1. The third-order valence-electron chi connectivity index (χ3n) is 2.65. The largest absolute Gasteiger partial charge is 0.346 e. The molecule has 4 N–H and O–H groups in total. The summed E-state index contributed by atoms with van der Waals surface area (Å²) in [7, 11) is 0. The van der Waals surface area contributed by atoms with Gasteiger partial charge in [0.05, 0.1) is 18.3 Å². The first-order valence-electron chi connectivity index (χ1n) is 6.09. The van der Waals surface area contributed by atoms with E-state index in [2.05, 4.69) is 26.6 Å². The van der Waals surface area contributed by atoms with Crippen LogP contribution in [0.1, 0.15) is 13.8 Å². The molecular weight excluding hydrogens is 329 g/mol. The lowest BCUT2D eigenvalue weighted by Gasteiger charge is -2.15. The zero-order chi connectivity index (χ0) is 15.3. The number of amides is 2. The van der Waals surface area contributed by atoms with Gasteiger partial charge in [-0.3, -0.25) is 9.59 Å². The molecule has 0 aliphatic carbocycles. The number of hydrogen-bond acceptors (Lipinski definition) is 3. The maximum atomic E-state index is 13.0. The molecule has 0 aromatic heterocycles. The minimum atomic E-state index is -0.663. The van der Waals surface area contributed by atoms with Gasteiger partial charge in [-0.25, -0.2) is 4.39 Å². The second-order valence-corrected chi connectivity index (χ2v) is 5.51. The molecule has 1 aromatic carbocycles. The molecule has 0 aliphatic rings. The van der Waals surface area contributed by atoms with Crippen LogP contribution in [0.3, 0.4) is 0 Å². The van der Waals surface area contributed by atoms with E-state index in [-0.39, 0.29) is 12.5 Å². The summed E-state index contributed by atoms with van der Waals surface area (Å²) in [6.07, 6.45) is 0. The van der Waals surface area contributed by atoms with Crippen molar-refractivity contribution in [2.45, 2.75) is 19.9 Å². The third kappa shape index (κ3) is 4.90. The number of halogens is 2.